The van der Waals surface area contributed by atoms with Crippen LogP contribution in [0.5, 0.6) is 5.75 Å². The number of aromatic hydroxyl groups is 1. The Hall–Kier alpha value is -3.98. The van der Waals surface area contributed by atoms with Crippen molar-refractivity contribution < 1.29 is 24.6 Å². The molecule has 0 saturated heterocycles. The van der Waals surface area contributed by atoms with Crippen molar-refractivity contribution in [3.63, 3.8) is 0 Å². The first-order valence-corrected chi connectivity index (χ1v) is 11.2. The van der Waals surface area contributed by atoms with Crippen LogP contribution < -0.4 is 10.6 Å². The number of thiazole rings is 1. The molecule has 0 unspecified atom stereocenters. The van der Waals surface area contributed by atoms with Crippen LogP contribution in [0.15, 0.2) is 42.1 Å². The summed E-state index contributed by atoms with van der Waals surface area (Å²) in [6.45, 7) is 7.21. The van der Waals surface area contributed by atoms with Gasteiger partial charge < -0.3 is 20.8 Å². The molecule has 0 fully saturated rings. The molecule has 0 aliphatic carbocycles. The molecular formula is C25H25N3O5S. The second-order valence-corrected chi connectivity index (χ2v) is 9.07. The third-order valence-corrected chi connectivity index (χ3v) is 6.10. The standard InChI is InChI=1S/C25H25N3O5S/c1-13-8-18(23(30)26-12-17-6-5-7-19(29)10-17)9-14(2)22(13)24(31)28-20(25(32)33)11-21-15(3)27-16(4)34-21/h5-11,29H,12H2,1-4H3,(H,26,30)(H,28,31)(H,32,33). The summed E-state index contributed by atoms with van der Waals surface area (Å²) in [5.74, 6) is -2.06. The minimum atomic E-state index is -1.27. The second kappa shape index (κ2) is 10.3. The van der Waals surface area contributed by atoms with Gasteiger partial charge in [0.15, 0.2) is 0 Å². The van der Waals surface area contributed by atoms with Crippen molar-refractivity contribution in [1.82, 2.24) is 15.6 Å². The fraction of sp³-hybridized carbons (Fsp3) is 0.200. The number of aryl methyl sites for hydroxylation is 4. The third-order valence-electron chi connectivity index (χ3n) is 5.08. The van der Waals surface area contributed by atoms with E-state index in [-0.39, 0.29) is 23.9 Å². The lowest BCUT2D eigenvalue weighted by molar-refractivity contribution is -0.132. The highest BCUT2D eigenvalue weighted by molar-refractivity contribution is 7.12. The van der Waals surface area contributed by atoms with E-state index in [0.29, 0.717) is 32.8 Å². The Bertz CT molecular complexity index is 1290. The largest absolute Gasteiger partial charge is 0.508 e. The summed E-state index contributed by atoms with van der Waals surface area (Å²) in [4.78, 5) is 42.3. The molecule has 176 valence electrons. The van der Waals surface area contributed by atoms with Crippen molar-refractivity contribution in [2.24, 2.45) is 0 Å². The predicted molar refractivity (Wildman–Crippen MR) is 130 cm³/mol. The zero-order valence-corrected chi connectivity index (χ0v) is 20.0. The van der Waals surface area contributed by atoms with Gasteiger partial charge in [-0.2, -0.15) is 0 Å². The van der Waals surface area contributed by atoms with Gasteiger partial charge in [-0.25, -0.2) is 9.78 Å². The summed E-state index contributed by atoms with van der Waals surface area (Å²) in [7, 11) is 0. The zero-order chi connectivity index (χ0) is 25.0. The molecule has 2 amide bonds. The summed E-state index contributed by atoms with van der Waals surface area (Å²) in [5.41, 5.74) is 2.92. The van der Waals surface area contributed by atoms with Crippen LogP contribution in [0.25, 0.3) is 6.08 Å². The molecule has 3 rings (SSSR count). The molecule has 0 bridgehead atoms. The van der Waals surface area contributed by atoms with E-state index in [0.717, 1.165) is 10.6 Å². The number of phenolic OH excluding ortho intramolecular Hbond substituents is 1. The number of benzene rings is 2. The normalized spacial score (nSPS) is 11.2. The van der Waals surface area contributed by atoms with Crippen molar-refractivity contribution in [2.45, 2.75) is 34.2 Å². The van der Waals surface area contributed by atoms with Crippen LogP contribution in [-0.2, 0) is 11.3 Å². The maximum atomic E-state index is 13.0. The highest BCUT2D eigenvalue weighted by Gasteiger charge is 2.20. The smallest absolute Gasteiger partial charge is 0.352 e. The first-order chi connectivity index (χ1) is 16.0. The number of amides is 2. The number of aromatic nitrogens is 1. The van der Waals surface area contributed by atoms with Crippen LogP contribution >= 0.6 is 11.3 Å². The van der Waals surface area contributed by atoms with Crippen LogP contribution in [0.3, 0.4) is 0 Å². The molecule has 0 aliphatic rings. The number of carbonyl (C=O) groups excluding carboxylic acids is 2. The molecule has 0 spiro atoms. The van der Waals surface area contributed by atoms with Crippen molar-refractivity contribution in [2.75, 3.05) is 0 Å². The molecule has 0 atom stereocenters. The van der Waals surface area contributed by atoms with Gasteiger partial charge >= 0.3 is 5.97 Å². The van der Waals surface area contributed by atoms with E-state index in [4.69, 9.17) is 0 Å². The van der Waals surface area contributed by atoms with Gasteiger partial charge in [0.25, 0.3) is 11.8 Å². The van der Waals surface area contributed by atoms with Crippen molar-refractivity contribution in [3.8, 4) is 5.75 Å². The minimum absolute atomic E-state index is 0.115. The van der Waals surface area contributed by atoms with E-state index in [2.05, 4.69) is 15.6 Å². The fourth-order valence-electron chi connectivity index (χ4n) is 3.55. The van der Waals surface area contributed by atoms with Gasteiger partial charge in [0.1, 0.15) is 11.4 Å². The number of phenols is 1. The van der Waals surface area contributed by atoms with Gasteiger partial charge in [0.05, 0.1) is 15.6 Å². The topological polar surface area (TPSA) is 129 Å². The van der Waals surface area contributed by atoms with Crippen LogP contribution in [0.2, 0.25) is 0 Å². The Morgan fingerprint density at radius 2 is 1.71 bits per heavy atom. The molecule has 9 heteroatoms. The van der Waals surface area contributed by atoms with Crippen LogP contribution in [-0.4, -0.2) is 33.0 Å². The van der Waals surface area contributed by atoms with E-state index >= 15 is 0 Å². The van der Waals surface area contributed by atoms with Gasteiger partial charge in [-0.1, -0.05) is 12.1 Å². The number of carboxylic acid groups (broad SMARTS) is 1. The number of hydrogen-bond acceptors (Lipinski definition) is 6. The van der Waals surface area contributed by atoms with Crippen molar-refractivity contribution >= 4 is 35.2 Å². The average molecular weight is 480 g/mol. The average Bonchev–Trinajstić information content (AvgIpc) is 3.07. The zero-order valence-electron chi connectivity index (χ0n) is 19.2. The van der Waals surface area contributed by atoms with Crippen LogP contribution in [0, 0.1) is 27.7 Å². The number of nitrogens with zero attached hydrogens (tertiary/aromatic N) is 1. The van der Waals surface area contributed by atoms with Crippen molar-refractivity contribution in [1.29, 1.82) is 0 Å². The lowest BCUT2D eigenvalue weighted by Crippen LogP contribution is -2.29. The Labute approximate surface area is 201 Å². The molecule has 34 heavy (non-hydrogen) atoms. The number of nitrogens with one attached hydrogen (secondary N) is 2. The molecular weight excluding hydrogens is 454 g/mol. The monoisotopic (exact) mass is 479 g/mol. The Morgan fingerprint density at radius 3 is 2.26 bits per heavy atom. The van der Waals surface area contributed by atoms with Crippen LogP contribution in [0.4, 0.5) is 0 Å². The van der Waals surface area contributed by atoms with Gasteiger partial charge in [-0.3, -0.25) is 9.59 Å². The lowest BCUT2D eigenvalue weighted by Gasteiger charge is -2.13. The Kier molecular flexibility index (Phi) is 7.47. The van der Waals surface area contributed by atoms with Gasteiger partial charge in [0, 0.05) is 17.7 Å². The summed E-state index contributed by atoms with van der Waals surface area (Å²) in [5, 5.41) is 25.2. The minimum Gasteiger partial charge on any atom is -0.508 e. The van der Waals surface area contributed by atoms with E-state index in [1.807, 2.05) is 6.92 Å². The highest BCUT2D eigenvalue weighted by atomic mass is 32.1. The molecule has 0 aliphatic heterocycles. The number of aliphatic carboxylic acids is 1. The summed E-state index contributed by atoms with van der Waals surface area (Å²) >= 11 is 1.34. The van der Waals surface area contributed by atoms with Crippen LogP contribution in [0.1, 0.15) is 53.0 Å². The van der Waals surface area contributed by atoms with E-state index in [1.54, 1.807) is 57.2 Å². The first-order valence-electron chi connectivity index (χ1n) is 10.4. The molecule has 0 saturated carbocycles. The summed E-state index contributed by atoms with van der Waals surface area (Å²) in [6, 6.07) is 9.75. The maximum absolute atomic E-state index is 13.0. The van der Waals surface area contributed by atoms with Gasteiger partial charge in [-0.15, -0.1) is 11.3 Å². The molecule has 3 aromatic rings. The maximum Gasteiger partial charge on any atom is 0.352 e. The predicted octanol–water partition coefficient (Wildman–Crippen LogP) is 3.87. The molecule has 0 radical (unpaired) electrons. The summed E-state index contributed by atoms with van der Waals surface area (Å²) < 4.78 is 0. The molecule has 4 N–H and O–H groups in total. The molecule has 2 aromatic carbocycles. The number of carboxylic acids is 1. The van der Waals surface area contributed by atoms with E-state index in [1.165, 1.54) is 17.4 Å². The van der Waals surface area contributed by atoms with E-state index in [9.17, 15) is 24.6 Å². The Morgan fingerprint density at radius 1 is 1.03 bits per heavy atom. The van der Waals surface area contributed by atoms with E-state index < -0.39 is 11.9 Å². The van der Waals surface area contributed by atoms with Gasteiger partial charge in [0.2, 0.25) is 0 Å². The summed E-state index contributed by atoms with van der Waals surface area (Å²) in [6.07, 6.45) is 1.40. The molecule has 1 aromatic heterocycles. The fourth-order valence-corrected chi connectivity index (χ4v) is 4.42. The quantitative estimate of drug-likeness (QED) is 0.381. The second-order valence-electron chi connectivity index (χ2n) is 7.84. The molecule has 1 heterocycles. The Balaban J connectivity index is 1.79. The number of rotatable bonds is 7. The third kappa shape index (κ3) is 5.87. The van der Waals surface area contributed by atoms with Crippen molar-refractivity contribution in [3.05, 3.63) is 85.5 Å². The molecule has 8 nitrogen and oxygen atoms in total. The lowest BCUT2D eigenvalue weighted by atomic mass is 9.98. The number of hydrogen-bond donors (Lipinski definition) is 4. The highest BCUT2D eigenvalue weighted by Crippen LogP contribution is 2.21. The number of carbonyl (C=O) groups is 3. The first kappa shape index (κ1) is 24.7. The SMILES string of the molecule is Cc1nc(C)c(C=C(NC(=O)c2c(C)cc(C(=O)NCc3cccc(O)c3)cc2C)C(=O)O)s1. The van der Waals surface area contributed by atoms with Gasteiger partial charge in [-0.05, 0) is 74.7 Å².